The van der Waals surface area contributed by atoms with Gasteiger partial charge < -0.3 is 9.84 Å². The zero-order chi connectivity index (χ0) is 13.3. The van der Waals surface area contributed by atoms with Crippen LogP contribution in [-0.4, -0.2) is 17.5 Å². The Labute approximate surface area is 111 Å². The van der Waals surface area contributed by atoms with Gasteiger partial charge in [0.1, 0.15) is 0 Å². The molecule has 7 atom stereocenters. The van der Waals surface area contributed by atoms with Crippen molar-refractivity contribution in [3.05, 3.63) is 0 Å². The first-order chi connectivity index (χ1) is 8.36. The van der Waals surface area contributed by atoms with Crippen molar-refractivity contribution < 1.29 is 9.84 Å². The fourth-order valence-electron chi connectivity index (χ4n) is 5.51. The van der Waals surface area contributed by atoms with Crippen LogP contribution in [0.4, 0.5) is 0 Å². The van der Waals surface area contributed by atoms with Crippen LogP contribution in [0.25, 0.3) is 0 Å². The fourth-order valence-corrected chi connectivity index (χ4v) is 5.51. The third-order valence-corrected chi connectivity index (χ3v) is 6.96. The molecule has 104 valence electrons. The molecule has 0 aliphatic heterocycles. The highest BCUT2D eigenvalue weighted by Gasteiger charge is 2.71. The second-order valence-corrected chi connectivity index (χ2v) is 7.47. The Kier molecular flexibility index (Phi) is 2.68. The van der Waals surface area contributed by atoms with E-state index in [2.05, 4.69) is 27.7 Å². The van der Waals surface area contributed by atoms with Gasteiger partial charge in [-0.15, -0.1) is 0 Å². The molecule has 3 aliphatic rings. The van der Waals surface area contributed by atoms with Gasteiger partial charge in [-0.25, -0.2) is 0 Å². The van der Waals surface area contributed by atoms with Crippen LogP contribution in [0.2, 0.25) is 0 Å². The van der Waals surface area contributed by atoms with E-state index in [1.54, 1.807) is 6.92 Å². The largest absolute Gasteiger partial charge is 0.368 e. The number of aliphatic hydroxyl groups is 1. The Bertz CT molecular complexity index is 347. The molecule has 0 radical (unpaired) electrons. The van der Waals surface area contributed by atoms with E-state index in [0.717, 1.165) is 17.8 Å². The summed E-state index contributed by atoms with van der Waals surface area (Å²) in [5.41, 5.74) is 0.871. The van der Waals surface area contributed by atoms with Crippen LogP contribution >= 0.6 is 0 Å². The van der Waals surface area contributed by atoms with E-state index in [-0.39, 0.29) is 6.10 Å². The molecule has 0 heterocycles. The van der Waals surface area contributed by atoms with Crippen molar-refractivity contribution in [1.29, 1.82) is 0 Å². The van der Waals surface area contributed by atoms with Gasteiger partial charge in [-0.3, -0.25) is 0 Å². The molecule has 0 aromatic rings. The van der Waals surface area contributed by atoms with Crippen molar-refractivity contribution in [2.24, 2.45) is 34.5 Å². The molecule has 0 aromatic carbocycles. The van der Waals surface area contributed by atoms with Gasteiger partial charge in [0.05, 0.1) is 6.10 Å². The van der Waals surface area contributed by atoms with Crippen LogP contribution in [0.15, 0.2) is 0 Å². The quantitative estimate of drug-likeness (QED) is 0.763. The van der Waals surface area contributed by atoms with Crippen molar-refractivity contribution in [2.45, 2.75) is 66.3 Å². The Morgan fingerprint density at radius 3 is 2.00 bits per heavy atom. The molecule has 2 nitrogen and oxygen atoms in total. The summed E-state index contributed by atoms with van der Waals surface area (Å²) >= 11 is 0. The van der Waals surface area contributed by atoms with E-state index in [9.17, 15) is 5.11 Å². The van der Waals surface area contributed by atoms with Crippen LogP contribution in [0.5, 0.6) is 0 Å². The highest BCUT2D eigenvalue weighted by molar-refractivity contribution is 5.20. The lowest BCUT2D eigenvalue weighted by atomic mass is 9.57. The molecule has 3 fully saturated rings. The molecule has 3 saturated carbocycles. The summed E-state index contributed by atoms with van der Waals surface area (Å²) in [6.45, 7) is 11.4. The van der Waals surface area contributed by atoms with Crippen molar-refractivity contribution in [2.75, 3.05) is 0 Å². The minimum absolute atomic E-state index is 0.272. The average Bonchev–Trinajstić information content (AvgIpc) is 3.18. The maximum absolute atomic E-state index is 9.67. The lowest BCUT2D eigenvalue weighted by Crippen LogP contribution is -2.52. The molecule has 0 aromatic heterocycles. The molecule has 3 rings (SSSR count). The minimum Gasteiger partial charge on any atom is -0.368 e. The molecule has 2 unspecified atom stereocenters. The number of aliphatic hydroxyl groups excluding tert-OH is 1. The maximum Gasteiger partial charge on any atom is 0.152 e. The Hall–Kier alpha value is -0.0800. The van der Waals surface area contributed by atoms with Gasteiger partial charge >= 0.3 is 0 Å². The highest BCUT2D eigenvalue weighted by atomic mass is 16.6. The lowest BCUT2D eigenvalue weighted by Gasteiger charge is -2.51. The van der Waals surface area contributed by atoms with Crippen LogP contribution < -0.4 is 0 Å². The molecule has 0 saturated heterocycles. The second kappa shape index (κ2) is 3.73. The predicted octanol–water partition coefficient (Wildman–Crippen LogP) is 3.44. The first kappa shape index (κ1) is 12.9. The van der Waals surface area contributed by atoms with E-state index in [1.807, 2.05) is 0 Å². The topological polar surface area (TPSA) is 29.5 Å². The summed E-state index contributed by atoms with van der Waals surface area (Å²) in [5, 5.41) is 9.67. The van der Waals surface area contributed by atoms with E-state index in [0.29, 0.717) is 16.7 Å². The average molecular weight is 252 g/mol. The molecule has 2 heteroatoms. The molecule has 1 N–H and O–H groups in total. The summed E-state index contributed by atoms with van der Waals surface area (Å²) in [4.78, 5) is 0. The number of hydrogen-bond acceptors (Lipinski definition) is 2. The Balaban J connectivity index is 1.92. The van der Waals surface area contributed by atoms with E-state index >= 15 is 0 Å². The molecule has 2 spiro atoms. The molecule has 3 aliphatic carbocycles. The van der Waals surface area contributed by atoms with Crippen molar-refractivity contribution in [3.8, 4) is 0 Å². The van der Waals surface area contributed by atoms with Crippen LogP contribution in [0, 0.1) is 34.5 Å². The molecular formula is C16H28O2. The molecule has 0 bridgehead atoms. The third kappa shape index (κ3) is 1.42. The zero-order valence-electron chi connectivity index (χ0n) is 12.4. The highest BCUT2D eigenvalue weighted by Crippen LogP contribution is 2.75. The smallest absolute Gasteiger partial charge is 0.152 e. The SMILES string of the molecule is CC(O)O[C@@H]1[C@H](C)[C@@]2(CC2C)[C@H](C)[C@H](C)C12CC2. The zero-order valence-corrected chi connectivity index (χ0v) is 12.4. The summed E-state index contributed by atoms with van der Waals surface area (Å²) in [7, 11) is 0. The first-order valence-corrected chi connectivity index (χ1v) is 7.70. The Morgan fingerprint density at radius 2 is 1.61 bits per heavy atom. The van der Waals surface area contributed by atoms with E-state index < -0.39 is 6.29 Å². The van der Waals surface area contributed by atoms with Crippen LogP contribution in [0.1, 0.15) is 53.9 Å². The van der Waals surface area contributed by atoms with Crippen LogP contribution in [0.3, 0.4) is 0 Å². The second-order valence-electron chi connectivity index (χ2n) is 7.47. The van der Waals surface area contributed by atoms with Crippen molar-refractivity contribution in [3.63, 3.8) is 0 Å². The van der Waals surface area contributed by atoms with Gasteiger partial charge in [-0.05, 0) is 60.7 Å². The van der Waals surface area contributed by atoms with E-state index in [4.69, 9.17) is 4.74 Å². The van der Waals surface area contributed by atoms with Gasteiger partial charge in [0.15, 0.2) is 6.29 Å². The van der Waals surface area contributed by atoms with Gasteiger partial charge in [-0.2, -0.15) is 0 Å². The van der Waals surface area contributed by atoms with Gasteiger partial charge in [0, 0.05) is 0 Å². The lowest BCUT2D eigenvalue weighted by molar-refractivity contribution is -0.204. The van der Waals surface area contributed by atoms with Gasteiger partial charge in [-0.1, -0.05) is 27.7 Å². The minimum atomic E-state index is -0.623. The number of hydrogen-bond donors (Lipinski definition) is 1. The summed E-state index contributed by atoms with van der Waals surface area (Å²) in [6.07, 6.45) is 3.60. The Morgan fingerprint density at radius 1 is 1.06 bits per heavy atom. The summed E-state index contributed by atoms with van der Waals surface area (Å²) < 4.78 is 5.98. The molecule has 18 heavy (non-hydrogen) atoms. The number of ether oxygens (including phenoxy) is 1. The standard InChI is InChI=1S/C16H28O2/c1-9-8-16(9)11(3)10(2)15(6-7-15)14(12(16)4)18-13(5)17/h9-14,17H,6-8H2,1-5H3/t9?,10-,11+,12-,13?,14+,16+/m0/s1. The van der Waals surface area contributed by atoms with Crippen molar-refractivity contribution in [1.82, 2.24) is 0 Å². The number of rotatable bonds is 2. The molecule has 0 amide bonds. The summed E-state index contributed by atoms with van der Waals surface area (Å²) in [5.74, 6) is 2.97. The monoisotopic (exact) mass is 252 g/mol. The van der Waals surface area contributed by atoms with Crippen molar-refractivity contribution >= 4 is 0 Å². The van der Waals surface area contributed by atoms with E-state index in [1.165, 1.54) is 19.3 Å². The summed E-state index contributed by atoms with van der Waals surface area (Å²) in [6, 6.07) is 0. The third-order valence-electron chi connectivity index (χ3n) is 6.96. The normalized spacial score (nSPS) is 54.7. The van der Waals surface area contributed by atoms with Crippen LogP contribution in [-0.2, 0) is 4.74 Å². The van der Waals surface area contributed by atoms with Gasteiger partial charge in [0.25, 0.3) is 0 Å². The molecular weight excluding hydrogens is 224 g/mol. The fraction of sp³-hybridized carbons (Fsp3) is 1.00. The van der Waals surface area contributed by atoms with Gasteiger partial charge in [0.2, 0.25) is 0 Å². The first-order valence-electron chi connectivity index (χ1n) is 7.70. The predicted molar refractivity (Wildman–Crippen MR) is 71.9 cm³/mol. The maximum atomic E-state index is 9.67.